The minimum absolute atomic E-state index is 0. The first kappa shape index (κ1) is 40.7. The van der Waals surface area contributed by atoms with Crippen LogP contribution >= 0.6 is 0 Å². The number of allylic oxidation sites excluding steroid dienone is 16. The molecule has 0 heterocycles. The Balaban J connectivity index is 0.000000194. The second-order valence-corrected chi connectivity index (χ2v) is 54.7. The molecule has 0 amide bonds. The Morgan fingerprint density at radius 3 is 0.942 bits per heavy atom. The molecule has 0 aromatic heterocycles. The summed E-state index contributed by atoms with van der Waals surface area (Å²) in [5, 5.41) is 6.54. The SMILES string of the molecule is CC1=[C]([Hf+]([C]2=CC=CC2)[SiH](c2ccccc2)c2ccccc2)CC=C1.CC1=[C]([Hf+]([C]2=CC=CC2)[SiH](c2ccccc2)c2ccccc2)CC=C1.[Cl-].[Cl-]. The quantitative estimate of drug-likeness (QED) is 0.215. The van der Waals surface area contributed by atoms with Crippen molar-refractivity contribution in [2.45, 2.75) is 39.5 Å². The van der Waals surface area contributed by atoms with Crippen molar-refractivity contribution < 1.29 is 66.0 Å². The Bertz CT molecular complexity index is 1800. The molecular formula is C46H46Cl2Hf2Si2. The first-order valence-electron chi connectivity index (χ1n) is 18.1. The van der Waals surface area contributed by atoms with E-state index in [4.69, 9.17) is 0 Å². The first-order chi connectivity index (χ1) is 24.7. The van der Waals surface area contributed by atoms with Gasteiger partial charge in [0.2, 0.25) is 0 Å². The van der Waals surface area contributed by atoms with Gasteiger partial charge in [0.1, 0.15) is 0 Å². The Morgan fingerprint density at radius 1 is 0.404 bits per heavy atom. The zero-order chi connectivity index (χ0) is 34.1. The Morgan fingerprint density at radius 2 is 0.712 bits per heavy atom. The predicted octanol–water partition coefficient (Wildman–Crippen LogP) is 2.45. The molecule has 4 aromatic rings. The van der Waals surface area contributed by atoms with E-state index in [2.05, 4.69) is 196 Å². The normalized spacial score (nSPS) is 15.4. The van der Waals surface area contributed by atoms with E-state index >= 15 is 0 Å². The minimum atomic E-state index is -2.16. The van der Waals surface area contributed by atoms with E-state index in [9.17, 15) is 0 Å². The zero-order valence-corrected chi connectivity index (χ0v) is 41.1. The molecule has 0 aliphatic heterocycles. The van der Waals surface area contributed by atoms with Crippen LogP contribution in [0.5, 0.6) is 0 Å². The van der Waals surface area contributed by atoms with E-state index < -0.39 is 53.2 Å². The Kier molecular flexibility index (Phi) is 15.9. The summed E-state index contributed by atoms with van der Waals surface area (Å²) in [6.07, 6.45) is 28.5. The fourth-order valence-electron chi connectivity index (χ4n) is 7.91. The van der Waals surface area contributed by atoms with Crippen molar-refractivity contribution in [1.82, 2.24) is 0 Å². The van der Waals surface area contributed by atoms with Gasteiger partial charge in [0.25, 0.3) is 0 Å². The van der Waals surface area contributed by atoms with Gasteiger partial charge in [-0.25, -0.2) is 0 Å². The van der Waals surface area contributed by atoms with E-state index in [0.717, 1.165) is 0 Å². The number of hydrogen-bond acceptors (Lipinski definition) is 0. The molecule has 0 bridgehead atoms. The van der Waals surface area contributed by atoms with Crippen LogP contribution in [0.4, 0.5) is 0 Å². The molecule has 0 saturated heterocycles. The third-order valence-corrected chi connectivity index (χ3v) is 70.9. The predicted molar refractivity (Wildman–Crippen MR) is 215 cm³/mol. The molecular weight excluding hydrogens is 1040 g/mol. The fraction of sp³-hybridized carbons (Fsp3) is 0.130. The summed E-state index contributed by atoms with van der Waals surface area (Å²) < 4.78 is 7.33. The molecule has 0 nitrogen and oxygen atoms in total. The van der Waals surface area contributed by atoms with Gasteiger partial charge in [-0.2, -0.15) is 0 Å². The van der Waals surface area contributed by atoms with Crippen LogP contribution in [0, 0.1) is 0 Å². The molecule has 52 heavy (non-hydrogen) atoms. The largest absolute Gasteiger partial charge is 1.00 e. The second-order valence-electron chi connectivity index (χ2n) is 13.5. The van der Waals surface area contributed by atoms with Crippen LogP contribution in [-0.4, -0.2) is 12.0 Å². The molecule has 8 rings (SSSR count). The van der Waals surface area contributed by atoms with Crippen LogP contribution in [0.1, 0.15) is 39.5 Å². The van der Waals surface area contributed by atoms with Gasteiger partial charge in [-0.05, 0) is 0 Å². The number of halogens is 2. The molecule has 260 valence electrons. The van der Waals surface area contributed by atoms with E-state index in [1.807, 2.05) is 13.3 Å². The van der Waals surface area contributed by atoms with Crippen LogP contribution in [0.15, 0.2) is 207 Å². The smallest absolute Gasteiger partial charge is 1.00 e. The molecule has 0 spiro atoms. The molecule has 0 N–H and O–H groups in total. The summed E-state index contributed by atoms with van der Waals surface area (Å²) in [6.45, 7) is 4.68. The van der Waals surface area contributed by atoms with Crippen LogP contribution in [-0.2, 0) is 41.2 Å². The zero-order valence-electron chi connectivity index (χ0n) is 30.1. The maximum atomic E-state index is 2.46. The number of benzene rings is 4. The first-order valence-corrected chi connectivity index (χ1v) is 41.2. The van der Waals surface area contributed by atoms with Gasteiger partial charge in [0, 0.05) is 0 Å². The van der Waals surface area contributed by atoms with Crippen molar-refractivity contribution in [3.05, 3.63) is 207 Å². The van der Waals surface area contributed by atoms with Crippen molar-refractivity contribution >= 4 is 32.7 Å². The van der Waals surface area contributed by atoms with Crippen LogP contribution in [0.3, 0.4) is 0 Å². The average molecular weight is 1080 g/mol. The van der Waals surface area contributed by atoms with Crippen molar-refractivity contribution in [3.8, 4) is 0 Å². The second kappa shape index (κ2) is 20.3. The minimum Gasteiger partial charge on any atom is -1.00 e. The van der Waals surface area contributed by atoms with Crippen molar-refractivity contribution in [2.75, 3.05) is 0 Å². The third-order valence-electron chi connectivity index (χ3n) is 10.3. The molecule has 0 fully saturated rings. The molecule has 0 saturated carbocycles. The van der Waals surface area contributed by atoms with E-state index in [1.165, 1.54) is 25.7 Å². The Hall–Kier alpha value is -2.45. The fourth-order valence-corrected chi connectivity index (χ4v) is 74.5. The summed E-state index contributed by atoms with van der Waals surface area (Å²) in [5.41, 5.74) is 3.14. The molecule has 4 aliphatic rings. The topological polar surface area (TPSA) is 0 Å². The van der Waals surface area contributed by atoms with Crippen LogP contribution in [0.25, 0.3) is 0 Å². The van der Waals surface area contributed by atoms with Crippen LogP contribution in [0.2, 0.25) is 0 Å². The maximum absolute atomic E-state index is 2.46. The molecule has 0 atom stereocenters. The number of rotatable bonds is 10. The summed E-state index contributed by atoms with van der Waals surface area (Å²) in [6, 6.07) is 45.7. The van der Waals surface area contributed by atoms with Crippen LogP contribution < -0.4 is 45.6 Å². The van der Waals surface area contributed by atoms with Crippen molar-refractivity contribution in [2.24, 2.45) is 0 Å². The van der Waals surface area contributed by atoms with Crippen molar-refractivity contribution in [1.29, 1.82) is 0 Å². The van der Waals surface area contributed by atoms with E-state index in [1.54, 1.807) is 31.9 Å². The number of hydrogen-bond donors (Lipinski definition) is 0. The molecule has 0 unspecified atom stereocenters. The van der Waals surface area contributed by atoms with E-state index in [0.29, 0.717) is 0 Å². The van der Waals surface area contributed by atoms with E-state index in [-0.39, 0.29) is 24.8 Å². The van der Waals surface area contributed by atoms with Gasteiger partial charge >= 0.3 is 320 Å². The van der Waals surface area contributed by atoms with Gasteiger partial charge < -0.3 is 24.8 Å². The molecule has 4 aliphatic carbocycles. The summed E-state index contributed by atoms with van der Waals surface area (Å²) in [5.74, 6) is -2.41. The summed E-state index contributed by atoms with van der Waals surface area (Å²) >= 11 is -4.31. The Labute approximate surface area is 341 Å². The monoisotopic (exact) mass is 1080 g/mol. The maximum Gasteiger partial charge on any atom is -1.00 e. The summed E-state index contributed by atoms with van der Waals surface area (Å²) in [7, 11) is 0. The average Bonchev–Trinajstić information content (AvgIpc) is 4.02. The van der Waals surface area contributed by atoms with Gasteiger partial charge in [-0.15, -0.1) is 0 Å². The van der Waals surface area contributed by atoms with Gasteiger partial charge in [0.15, 0.2) is 0 Å². The summed E-state index contributed by atoms with van der Waals surface area (Å²) in [4.78, 5) is 0. The van der Waals surface area contributed by atoms with Gasteiger partial charge in [-0.3, -0.25) is 0 Å². The molecule has 0 radical (unpaired) electrons. The molecule has 6 heteroatoms. The third kappa shape index (κ3) is 9.61. The standard InChI is InChI=1S/2C12H11Si.2C6H7.2C5H5.2ClH.2Hf/c2*1-3-7-11(8-4-1)13-12-9-5-2-6-10-12;2*1-6-4-2-3-5-6;2*1-2-4-5-3-1;;;;/h2*1-10,13H;2*2,4H,3H2,1H3;2*1-3H,4H2;2*1H;;/q;;;;;;;;2*+1/p-2. The van der Waals surface area contributed by atoms with Gasteiger partial charge in [-0.1, -0.05) is 0 Å². The molecule has 4 aromatic carbocycles. The van der Waals surface area contributed by atoms with Gasteiger partial charge in [0.05, 0.1) is 0 Å². The van der Waals surface area contributed by atoms with Crippen molar-refractivity contribution in [3.63, 3.8) is 0 Å².